The van der Waals surface area contributed by atoms with Crippen LogP contribution in [-0.4, -0.2) is 54.6 Å². The van der Waals surface area contributed by atoms with Crippen molar-refractivity contribution in [1.82, 2.24) is 28.8 Å². The Balaban J connectivity index is 1.33. The molecule has 0 aliphatic heterocycles. The molecule has 14 heteroatoms. The van der Waals surface area contributed by atoms with E-state index in [1.54, 1.807) is 24.1 Å². The van der Waals surface area contributed by atoms with Crippen molar-refractivity contribution in [2.24, 2.45) is 12.5 Å². The third-order valence-electron chi connectivity index (χ3n) is 8.60. The fourth-order valence-corrected chi connectivity index (χ4v) is 8.20. The molecule has 2 aliphatic rings. The fourth-order valence-electron chi connectivity index (χ4n) is 6.51. The monoisotopic (exact) mass is 653 g/mol. The van der Waals surface area contributed by atoms with Gasteiger partial charge in [0.05, 0.1) is 12.5 Å². The highest BCUT2D eigenvalue weighted by molar-refractivity contribution is 7.91. The second-order valence-corrected chi connectivity index (χ2v) is 15.3. The summed E-state index contributed by atoms with van der Waals surface area (Å²) < 4.78 is 73.3. The number of nitrogens with zero attached hydrogens (tertiary/aromatic N) is 5. The molecule has 2 aliphatic carbocycles. The first-order valence-corrected chi connectivity index (χ1v) is 16.3. The number of carbonyl (C=O) groups is 1. The van der Waals surface area contributed by atoms with Crippen molar-refractivity contribution < 1.29 is 26.4 Å². The summed E-state index contributed by atoms with van der Waals surface area (Å²) in [5.41, 5.74) is 0.00624. The van der Waals surface area contributed by atoms with Crippen LogP contribution in [0, 0.1) is 17.0 Å². The standard InChI is InChI=1S/C32H34F3N7O3S/c1-31(2)13-20(11-21(14-31)39-30(43)26-17-41(4)18-37-26)38-29-25(35)15-36-28(40-29)23-16-42(27-22(23)8-5-9-24(27)34)46(44,45)32(3)10-6-7-19(33)12-32/h5-9,12,15-18,20-21H,10-11,13-14H2,1-4H3,(H,39,43)(H,36,38,40)/t20-,21-,32?/m0/s1. The lowest BCUT2D eigenvalue weighted by atomic mass is 9.72. The molecular weight excluding hydrogens is 619 g/mol. The van der Waals surface area contributed by atoms with Crippen LogP contribution in [0.25, 0.3) is 22.3 Å². The predicted molar refractivity (Wildman–Crippen MR) is 168 cm³/mol. The number of allylic oxidation sites excluding steroid dienone is 3. The number of carbonyl (C=O) groups excluding carboxylic acids is 1. The number of hydrogen-bond acceptors (Lipinski definition) is 7. The number of aryl methyl sites for hydroxylation is 1. The van der Waals surface area contributed by atoms with Crippen LogP contribution < -0.4 is 10.6 Å². The Hall–Kier alpha value is -4.46. The average molecular weight is 654 g/mol. The maximum Gasteiger partial charge on any atom is 0.271 e. The SMILES string of the molecule is Cn1cnc(C(=O)N[C@H]2C[C@H](Nc3nc(-c4cn(S(=O)(=O)C5(C)C=C(F)C=CC5)c5c(F)cccc45)ncc3F)CC(C)(C)C2)c1. The first kappa shape index (κ1) is 31.5. The van der Waals surface area contributed by atoms with E-state index in [9.17, 15) is 17.6 Å². The molecule has 242 valence electrons. The number of anilines is 1. The van der Waals surface area contributed by atoms with E-state index in [0.717, 1.165) is 22.3 Å². The Morgan fingerprint density at radius 1 is 1.04 bits per heavy atom. The van der Waals surface area contributed by atoms with Crippen molar-refractivity contribution in [1.29, 1.82) is 0 Å². The highest BCUT2D eigenvalue weighted by Gasteiger charge is 2.41. The van der Waals surface area contributed by atoms with Crippen LogP contribution in [-0.2, 0) is 17.1 Å². The first-order chi connectivity index (χ1) is 21.7. The maximum absolute atomic E-state index is 15.3. The van der Waals surface area contributed by atoms with Gasteiger partial charge in [-0.1, -0.05) is 32.1 Å². The minimum Gasteiger partial charge on any atom is -0.365 e. The molecule has 1 aromatic carbocycles. The predicted octanol–water partition coefficient (Wildman–Crippen LogP) is 5.65. The van der Waals surface area contributed by atoms with Gasteiger partial charge in [-0.25, -0.2) is 40.5 Å². The van der Waals surface area contributed by atoms with Crippen molar-refractivity contribution in [3.63, 3.8) is 0 Å². The van der Waals surface area contributed by atoms with Gasteiger partial charge in [0.1, 0.15) is 27.6 Å². The Kier molecular flexibility index (Phi) is 7.82. The molecule has 4 aromatic rings. The summed E-state index contributed by atoms with van der Waals surface area (Å²) in [6.07, 6.45) is 10.8. The molecule has 0 spiro atoms. The summed E-state index contributed by atoms with van der Waals surface area (Å²) >= 11 is 0. The van der Waals surface area contributed by atoms with Crippen LogP contribution >= 0.6 is 0 Å². The third kappa shape index (κ3) is 5.81. The molecule has 1 fully saturated rings. The van der Waals surface area contributed by atoms with E-state index in [1.807, 2.05) is 0 Å². The number of aromatic nitrogens is 5. The number of benzene rings is 1. The molecule has 3 heterocycles. The van der Waals surface area contributed by atoms with E-state index in [4.69, 9.17) is 0 Å². The molecule has 0 saturated heterocycles. The second-order valence-electron chi connectivity index (χ2n) is 13.1. The molecule has 3 aromatic heterocycles. The molecule has 1 unspecified atom stereocenters. The Morgan fingerprint density at radius 3 is 2.52 bits per heavy atom. The van der Waals surface area contributed by atoms with E-state index in [1.165, 1.54) is 37.4 Å². The van der Waals surface area contributed by atoms with Crippen LogP contribution in [0.2, 0.25) is 0 Å². The van der Waals surface area contributed by atoms with Crippen LogP contribution in [0.5, 0.6) is 0 Å². The molecule has 6 rings (SSSR count). The van der Waals surface area contributed by atoms with Gasteiger partial charge in [-0.3, -0.25) is 4.79 Å². The molecule has 3 atom stereocenters. The minimum absolute atomic E-state index is 0.0195. The number of rotatable bonds is 7. The van der Waals surface area contributed by atoms with E-state index in [-0.39, 0.29) is 57.9 Å². The lowest BCUT2D eigenvalue weighted by Gasteiger charge is -2.40. The molecule has 2 N–H and O–H groups in total. The molecular formula is C32H34F3N7O3S. The number of para-hydroxylation sites is 1. The number of fused-ring (bicyclic) bond motifs is 1. The van der Waals surface area contributed by atoms with Crippen LogP contribution in [0.1, 0.15) is 56.9 Å². The summed E-state index contributed by atoms with van der Waals surface area (Å²) in [4.78, 5) is 25.5. The van der Waals surface area contributed by atoms with Crippen LogP contribution in [0.4, 0.5) is 19.0 Å². The van der Waals surface area contributed by atoms with Gasteiger partial charge in [-0.15, -0.1) is 0 Å². The van der Waals surface area contributed by atoms with Gasteiger partial charge >= 0.3 is 0 Å². The number of halogens is 3. The molecule has 46 heavy (non-hydrogen) atoms. The highest BCUT2D eigenvalue weighted by atomic mass is 32.2. The van der Waals surface area contributed by atoms with Gasteiger partial charge in [0, 0.05) is 42.5 Å². The lowest BCUT2D eigenvalue weighted by Crippen LogP contribution is -2.47. The minimum atomic E-state index is -4.40. The normalized spacial score (nSPS) is 22.9. The van der Waals surface area contributed by atoms with E-state index in [2.05, 4.69) is 39.4 Å². The zero-order chi connectivity index (χ0) is 33.0. The van der Waals surface area contributed by atoms with Gasteiger partial charge in [-0.2, -0.15) is 0 Å². The van der Waals surface area contributed by atoms with Gasteiger partial charge in [-0.05, 0) is 56.2 Å². The Morgan fingerprint density at radius 2 is 1.80 bits per heavy atom. The molecule has 1 saturated carbocycles. The van der Waals surface area contributed by atoms with E-state index >= 15 is 8.78 Å². The molecule has 10 nitrogen and oxygen atoms in total. The maximum atomic E-state index is 15.3. The average Bonchev–Trinajstić information content (AvgIpc) is 3.58. The van der Waals surface area contributed by atoms with Crippen molar-refractivity contribution in [2.45, 2.75) is 63.3 Å². The quantitative estimate of drug-likeness (QED) is 0.264. The number of amides is 1. The topological polar surface area (TPSA) is 124 Å². The summed E-state index contributed by atoms with van der Waals surface area (Å²) in [7, 11) is -2.62. The summed E-state index contributed by atoms with van der Waals surface area (Å²) in [5.74, 6) is -2.69. The summed E-state index contributed by atoms with van der Waals surface area (Å²) in [5, 5.41) is 6.40. The van der Waals surface area contributed by atoms with Crippen molar-refractivity contribution in [2.75, 3.05) is 5.32 Å². The van der Waals surface area contributed by atoms with Crippen LogP contribution in [0.15, 0.2) is 67.2 Å². The largest absolute Gasteiger partial charge is 0.365 e. The van der Waals surface area contributed by atoms with E-state index in [0.29, 0.717) is 25.0 Å². The smallest absolute Gasteiger partial charge is 0.271 e. The fraction of sp³-hybridized carbons (Fsp3) is 0.375. The van der Waals surface area contributed by atoms with Gasteiger partial charge in [0.2, 0.25) is 10.0 Å². The Bertz CT molecular complexity index is 2020. The zero-order valence-electron chi connectivity index (χ0n) is 25.8. The number of imidazole rings is 1. The van der Waals surface area contributed by atoms with E-state index < -0.39 is 32.2 Å². The molecule has 1 amide bonds. The third-order valence-corrected chi connectivity index (χ3v) is 10.9. The lowest BCUT2D eigenvalue weighted by molar-refractivity contribution is 0.0892. The van der Waals surface area contributed by atoms with Crippen molar-refractivity contribution >= 4 is 32.7 Å². The van der Waals surface area contributed by atoms with Gasteiger partial charge < -0.3 is 15.2 Å². The highest BCUT2D eigenvalue weighted by Crippen LogP contribution is 2.39. The second kappa shape index (κ2) is 11.4. The van der Waals surface area contributed by atoms with Crippen molar-refractivity contribution in [3.8, 4) is 11.4 Å². The van der Waals surface area contributed by atoms with Crippen LogP contribution in [0.3, 0.4) is 0 Å². The molecule has 0 radical (unpaired) electrons. The van der Waals surface area contributed by atoms with Gasteiger partial charge in [0.15, 0.2) is 17.5 Å². The number of hydrogen-bond donors (Lipinski definition) is 2. The molecule has 0 bridgehead atoms. The first-order valence-electron chi connectivity index (χ1n) is 14.8. The number of nitrogens with one attached hydrogen (secondary N) is 2. The zero-order valence-corrected chi connectivity index (χ0v) is 26.6. The summed E-state index contributed by atoms with van der Waals surface area (Å²) in [6, 6.07) is 3.58. The van der Waals surface area contributed by atoms with Gasteiger partial charge in [0.25, 0.3) is 5.91 Å². The van der Waals surface area contributed by atoms with Crippen molar-refractivity contribution in [3.05, 3.63) is 84.5 Å². The Labute approximate surface area is 264 Å². The summed E-state index contributed by atoms with van der Waals surface area (Å²) in [6.45, 7) is 5.50.